The molecule has 3 atom stereocenters. The summed E-state index contributed by atoms with van der Waals surface area (Å²) in [5.41, 5.74) is 1.75. The van der Waals surface area contributed by atoms with Crippen LogP contribution in [-0.2, 0) is 0 Å². The SMILES string of the molecule is COc1ccc2nccc(C(O)CC[C@@H]3CCN(CCCSc4ccco4)C[C@@H]3CO)c2c1. The number of methoxy groups -OCH3 is 1. The Balaban J connectivity index is 1.27. The van der Waals surface area contributed by atoms with Gasteiger partial charge in [-0.25, -0.2) is 0 Å². The number of aromatic nitrogens is 1. The fourth-order valence-electron chi connectivity index (χ4n) is 4.84. The van der Waals surface area contributed by atoms with Gasteiger partial charge in [0.2, 0.25) is 0 Å². The fraction of sp³-hybridized carbons (Fsp3) is 0.500. The van der Waals surface area contributed by atoms with Crippen molar-refractivity contribution < 1.29 is 19.4 Å². The first-order valence-corrected chi connectivity index (χ1v) is 12.8. The summed E-state index contributed by atoms with van der Waals surface area (Å²) >= 11 is 1.75. The van der Waals surface area contributed by atoms with Gasteiger partial charge in [-0.1, -0.05) is 11.8 Å². The second-order valence-corrected chi connectivity index (χ2v) is 9.90. The molecule has 2 N–H and O–H groups in total. The predicted octanol–water partition coefficient (Wildman–Crippen LogP) is 4.76. The second kappa shape index (κ2) is 11.9. The molecule has 2 aromatic heterocycles. The minimum absolute atomic E-state index is 0.202. The van der Waals surface area contributed by atoms with Gasteiger partial charge in [0.15, 0.2) is 5.09 Å². The van der Waals surface area contributed by atoms with E-state index in [1.807, 2.05) is 36.4 Å². The Labute approximate surface area is 200 Å². The number of piperidine rings is 1. The normalized spacial score (nSPS) is 20.2. The zero-order valence-electron chi connectivity index (χ0n) is 19.2. The molecule has 0 amide bonds. The molecule has 1 unspecified atom stereocenters. The van der Waals surface area contributed by atoms with Crippen LogP contribution in [0.2, 0.25) is 0 Å². The molecule has 0 spiro atoms. The van der Waals surface area contributed by atoms with Crippen LogP contribution >= 0.6 is 11.8 Å². The molecule has 0 aliphatic carbocycles. The summed E-state index contributed by atoms with van der Waals surface area (Å²) in [5, 5.41) is 22.9. The molecule has 33 heavy (non-hydrogen) atoms. The number of hydrogen-bond acceptors (Lipinski definition) is 7. The number of likely N-dealkylation sites (tertiary alicyclic amines) is 1. The molecule has 1 fully saturated rings. The van der Waals surface area contributed by atoms with Crippen molar-refractivity contribution in [3.05, 3.63) is 54.4 Å². The van der Waals surface area contributed by atoms with Gasteiger partial charge >= 0.3 is 0 Å². The molecule has 0 saturated carbocycles. The smallest absolute Gasteiger partial charge is 0.160 e. The van der Waals surface area contributed by atoms with Crippen molar-refractivity contribution in [1.29, 1.82) is 0 Å². The van der Waals surface area contributed by atoms with Crippen LogP contribution in [0.1, 0.15) is 37.4 Å². The molecule has 1 aliphatic heterocycles. The number of pyridine rings is 1. The molecule has 1 aliphatic rings. The molecule has 1 saturated heterocycles. The van der Waals surface area contributed by atoms with Gasteiger partial charge in [0.25, 0.3) is 0 Å². The van der Waals surface area contributed by atoms with Crippen LogP contribution in [0.15, 0.2) is 58.4 Å². The molecular formula is C26H34N2O4S. The number of benzene rings is 1. The van der Waals surface area contributed by atoms with E-state index in [9.17, 15) is 10.2 Å². The minimum Gasteiger partial charge on any atom is -0.497 e. The summed E-state index contributed by atoms with van der Waals surface area (Å²) in [7, 11) is 1.65. The number of ether oxygens (including phenoxy) is 1. The average molecular weight is 471 g/mol. The third kappa shape index (κ3) is 6.29. The highest BCUT2D eigenvalue weighted by Gasteiger charge is 2.29. The summed E-state index contributed by atoms with van der Waals surface area (Å²) in [6, 6.07) is 11.6. The third-order valence-corrected chi connectivity index (χ3v) is 7.73. The van der Waals surface area contributed by atoms with Crippen LogP contribution in [0.3, 0.4) is 0 Å². The first-order chi connectivity index (χ1) is 16.2. The first kappa shape index (κ1) is 24.1. The van der Waals surface area contributed by atoms with Gasteiger partial charge in [0.1, 0.15) is 5.75 Å². The van der Waals surface area contributed by atoms with E-state index < -0.39 is 6.10 Å². The van der Waals surface area contributed by atoms with Gasteiger partial charge in [0, 0.05) is 30.5 Å². The molecule has 3 heterocycles. The minimum atomic E-state index is -0.557. The van der Waals surface area contributed by atoms with Crippen LogP contribution in [0, 0.1) is 11.8 Å². The van der Waals surface area contributed by atoms with Crippen LogP contribution in [0.25, 0.3) is 10.9 Å². The second-order valence-electron chi connectivity index (χ2n) is 8.80. The zero-order valence-corrected chi connectivity index (χ0v) is 20.0. The monoisotopic (exact) mass is 470 g/mol. The molecule has 6 nitrogen and oxygen atoms in total. The maximum absolute atomic E-state index is 11.0. The number of furan rings is 1. The van der Waals surface area contributed by atoms with Crippen molar-refractivity contribution in [3.8, 4) is 5.75 Å². The van der Waals surface area contributed by atoms with E-state index in [4.69, 9.17) is 9.15 Å². The Morgan fingerprint density at radius 3 is 2.97 bits per heavy atom. The van der Waals surface area contributed by atoms with E-state index in [2.05, 4.69) is 9.88 Å². The number of hydrogen-bond donors (Lipinski definition) is 2. The maximum atomic E-state index is 11.0. The average Bonchev–Trinajstić information content (AvgIpc) is 3.38. The van der Waals surface area contributed by atoms with E-state index in [0.717, 1.165) is 72.0 Å². The van der Waals surface area contributed by atoms with Gasteiger partial charge in [-0.05, 0) is 92.6 Å². The number of aliphatic hydroxyl groups is 2. The molecule has 4 rings (SSSR count). The van der Waals surface area contributed by atoms with Gasteiger partial charge in [-0.15, -0.1) is 0 Å². The highest BCUT2D eigenvalue weighted by molar-refractivity contribution is 7.99. The summed E-state index contributed by atoms with van der Waals surface area (Å²) in [5.74, 6) is 2.49. The summed E-state index contributed by atoms with van der Waals surface area (Å²) in [6.45, 7) is 3.23. The van der Waals surface area contributed by atoms with E-state index in [-0.39, 0.29) is 12.5 Å². The van der Waals surface area contributed by atoms with Gasteiger partial charge < -0.3 is 24.3 Å². The highest BCUT2D eigenvalue weighted by atomic mass is 32.2. The van der Waals surface area contributed by atoms with Gasteiger partial charge in [-0.2, -0.15) is 0 Å². The van der Waals surface area contributed by atoms with Crippen LogP contribution in [0.4, 0.5) is 0 Å². The highest BCUT2D eigenvalue weighted by Crippen LogP contribution is 2.33. The third-order valence-electron chi connectivity index (χ3n) is 6.72. The molecule has 1 aromatic carbocycles. The van der Waals surface area contributed by atoms with E-state index >= 15 is 0 Å². The van der Waals surface area contributed by atoms with Crippen LogP contribution in [-0.4, -0.2) is 59.2 Å². The summed E-state index contributed by atoms with van der Waals surface area (Å²) in [6.07, 6.45) is 6.66. The maximum Gasteiger partial charge on any atom is 0.160 e. The Morgan fingerprint density at radius 1 is 1.27 bits per heavy atom. The molecule has 178 valence electrons. The lowest BCUT2D eigenvalue weighted by Gasteiger charge is -2.38. The predicted molar refractivity (Wildman–Crippen MR) is 132 cm³/mol. The topological polar surface area (TPSA) is 79.0 Å². The molecule has 0 radical (unpaired) electrons. The number of rotatable bonds is 11. The number of thioether (sulfide) groups is 1. The molecule has 7 heteroatoms. The zero-order chi connectivity index (χ0) is 23.0. The van der Waals surface area contributed by atoms with E-state index in [1.165, 1.54) is 0 Å². The Bertz CT molecular complexity index is 997. The summed E-state index contributed by atoms with van der Waals surface area (Å²) in [4.78, 5) is 6.89. The van der Waals surface area contributed by atoms with Gasteiger partial charge in [0.05, 0.1) is 25.0 Å². The lowest BCUT2D eigenvalue weighted by Crippen LogP contribution is -2.42. The van der Waals surface area contributed by atoms with Crippen molar-refractivity contribution in [2.45, 2.75) is 36.9 Å². The Hall–Kier alpha value is -2.06. The van der Waals surface area contributed by atoms with Crippen molar-refractivity contribution in [2.75, 3.05) is 39.1 Å². The van der Waals surface area contributed by atoms with Crippen LogP contribution in [0.5, 0.6) is 5.75 Å². The lowest BCUT2D eigenvalue weighted by molar-refractivity contribution is 0.0581. The molecule has 3 aromatic rings. The number of nitrogens with zero attached hydrogens (tertiary/aromatic N) is 2. The van der Waals surface area contributed by atoms with Crippen LogP contribution < -0.4 is 4.74 Å². The fourth-order valence-corrected chi connectivity index (χ4v) is 5.62. The molecule has 0 bridgehead atoms. The van der Waals surface area contributed by atoms with Crippen molar-refractivity contribution in [2.24, 2.45) is 11.8 Å². The van der Waals surface area contributed by atoms with Gasteiger partial charge in [-0.3, -0.25) is 4.98 Å². The first-order valence-electron chi connectivity index (χ1n) is 11.8. The van der Waals surface area contributed by atoms with Crippen molar-refractivity contribution in [1.82, 2.24) is 9.88 Å². The quantitative estimate of drug-likeness (QED) is 0.309. The Kier molecular flexibility index (Phi) is 8.67. The number of aliphatic hydroxyl groups excluding tert-OH is 2. The van der Waals surface area contributed by atoms with Crippen molar-refractivity contribution >= 4 is 22.7 Å². The molecular weight excluding hydrogens is 436 g/mol. The summed E-state index contributed by atoms with van der Waals surface area (Å²) < 4.78 is 10.7. The Morgan fingerprint density at radius 2 is 2.18 bits per heavy atom. The standard InChI is InChI=1S/C26H34N2O4S/c1-31-21-6-7-24-23(16-21)22(9-11-27-24)25(30)8-5-19-10-13-28(17-20(19)18-29)12-3-15-33-26-4-2-14-32-26/h2,4,6-7,9,11,14,16,19-20,25,29-30H,3,5,8,10,12-13,15,17-18H2,1H3/t19-,20-,25?/m1/s1. The number of fused-ring (bicyclic) bond motifs is 1. The largest absolute Gasteiger partial charge is 0.497 e. The lowest BCUT2D eigenvalue weighted by atomic mass is 9.81. The van der Waals surface area contributed by atoms with Crippen molar-refractivity contribution in [3.63, 3.8) is 0 Å². The van der Waals surface area contributed by atoms with E-state index in [1.54, 1.807) is 31.3 Å². The van der Waals surface area contributed by atoms with E-state index in [0.29, 0.717) is 12.3 Å².